The second-order valence-corrected chi connectivity index (χ2v) is 6.33. The lowest BCUT2D eigenvalue weighted by Gasteiger charge is -2.33. The molecule has 0 aromatic heterocycles. The molecule has 0 atom stereocenters. The van der Waals surface area contributed by atoms with E-state index in [-0.39, 0.29) is 5.91 Å². The molecule has 2 saturated heterocycles. The van der Waals surface area contributed by atoms with Gasteiger partial charge in [-0.1, -0.05) is 0 Å². The average molecular weight is 304 g/mol. The summed E-state index contributed by atoms with van der Waals surface area (Å²) in [6.07, 6.45) is 3.44. The third-order valence-electron chi connectivity index (χ3n) is 4.99. The van der Waals surface area contributed by atoms with Crippen molar-refractivity contribution in [2.45, 2.75) is 19.3 Å². The molecule has 1 N–H and O–H groups in total. The topological polar surface area (TPSA) is 50.8 Å². The van der Waals surface area contributed by atoms with Crippen LogP contribution in [0.5, 0.6) is 11.5 Å². The summed E-state index contributed by atoms with van der Waals surface area (Å²) in [7, 11) is 3.20. The highest BCUT2D eigenvalue weighted by molar-refractivity contribution is 5.95. The van der Waals surface area contributed by atoms with Crippen LogP contribution in [-0.4, -0.2) is 51.2 Å². The lowest BCUT2D eigenvalue weighted by Crippen LogP contribution is -2.39. The fourth-order valence-corrected chi connectivity index (χ4v) is 3.59. The van der Waals surface area contributed by atoms with Crippen LogP contribution in [0.4, 0.5) is 0 Å². The number of hydrogen-bond acceptors (Lipinski definition) is 4. The highest BCUT2D eigenvalue weighted by atomic mass is 16.5. The molecule has 2 fully saturated rings. The van der Waals surface area contributed by atoms with Crippen molar-refractivity contribution in [2.24, 2.45) is 5.41 Å². The summed E-state index contributed by atoms with van der Waals surface area (Å²) >= 11 is 0. The third kappa shape index (κ3) is 2.90. The summed E-state index contributed by atoms with van der Waals surface area (Å²) in [6, 6.07) is 5.37. The van der Waals surface area contributed by atoms with Gasteiger partial charge in [-0.05, 0) is 49.9 Å². The standard InChI is InChI=1S/C17H24N2O3/c1-21-14-9-13(10-15(11-14)22-2)16(20)19-8-5-17(12-19)3-6-18-7-4-17/h9-11,18H,3-8,12H2,1-2H3. The van der Waals surface area contributed by atoms with Gasteiger partial charge >= 0.3 is 0 Å². The highest BCUT2D eigenvalue weighted by Gasteiger charge is 2.40. The molecular formula is C17H24N2O3. The van der Waals surface area contributed by atoms with Crippen molar-refractivity contribution >= 4 is 5.91 Å². The number of likely N-dealkylation sites (tertiary alicyclic amines) is 1. The summed E-state index contributed by atoms with van der Waals surface area (Å²) in [5.41, 5.74) is 0.964. The molecule has 1 aromatic carbocycles. The van der Waals surface area contributed by atoms with E-state index < -0.39 is 0 Å². The van der Waals surface area contributed by atoms with Gasteiger partial charge in [0.15, 0.2) is 0 Å². The summed E-state index contributed by atoms with van der Waals surface area (Å²) in [5.74, 6) is 1.38. The number of amides is 1. The van der Waals surface area contributed by atoms with Crippen LogP contribution in [0.3, 0.4) is 0 Å². The number of ether oxygens (including phenoxy) is 2. The van der Waals surface area contributed by atoms with Crippen molar-refractivity contribution in [2.75, 3.05) is 40.4 Å². The summed E-state index contributed by atoms with van der Waals surface area (Å²) in [6.45, 7) is 3.84. The summed E-state index contributed by atoms with van der Waals surface area (Å²) in [5, 5.41) is 3.41. The number of carbonyl (C=O) groups is 1. The number of benzene rings is 1. The van der Waals surface area contributed by atoms with Crippen molar-refractivity contribution in [3.8, 4) is 11.5 Å². The molecule has 0 aliphatic carbocycles. The van der Waals surface area contributed by atoms with Crippen molar-refractivity contribution in [3.63, 3.8) is 0 Å². The van der Waals surface area contributed by atoms with E-state index in [1.54, 1.807) is 32.4 Å². The van der Waals surface area contributed by atoms with Crippen LogP contribution in [0.25, 0.3) is 0 Å². The van der Waals surface area contributed by atoms with Crippen molar-refractivity contribution in [1.82, 2.24) is 10.2 Å². The van der Waals surface area contributed by atoms with E-state index in [1.807, 2.05) is 4.90 Å². The van der Waals surface area contributed by atoms with Crippen LogP contribution in [0.1, 0.15) is 29.6 Å². The number of rotatable bonds is 3. The van der Waals surface area contributed by atoms with Gasteiger partial charge in [-0.25, -0.2) is 0 Å². The van der Waals surface area contributed by atoms with Gasteiger partial charge in [0.25, 0.3) is 5.91 Å². The van der Waals surface area contributed by atoms with E-state index in [0.717, 1.165) is 45.4 Å². The Morgan fingerprint density at radius 3 is 2.32 bits per heavy atom. The van der Waals surface area contributed by atoms with Gasteiger partial charge in [0.05, 0.1) is 14.2 Å². The van der Waals surface area contributed by atoms with Crippen molar-refractivity contribution in [3.05, 3.63) is 23.8 Å². The summed E-state index contributed by atoms with van der Waals surface area (Å²) < 4.78 is 10.5. The zero-order valence-electron chi connectivity index (χ0n) is 13.4. The largest absolute Gasteiger partial charge is 0.497 e. The number of nitrogens with zero attached hydrogens (tertiary/aromatic N) is 1. The fourth-order valence-electron chi connectivity index (χ4n) is 3.59. The number of carbonyl (C=O) groups excluding carboxylic acids is 1. The van der Waals surface area contributed by atoms with Crippen LogP contribution in [0.15, 0.2) is 18.2 Å². The maximum absolute atomic E-state index is 12.8. The molecular weight excluding hydrogens is 280 g/mol. The van der Waals surface area contributed by atoms with Gasteiger partial charge in [0.1, 0.15) is 11.5 Å². The quantitative estimate of drug-likeness (QED) is 0.927. The number of hydrogen-bond donors (Lipinski definition) is 1. The molecule has 5 heteroatoms. The van der Waals surface area contributed by atoms with E-state index in [2.05, 4.69) is 5.32 Å². The Balaban J connectivity index is 1.77. The van der Waals surface area contributed by atoms with Crippen LogP contribution in [0, 0.1) is 5.41 Å². The van der Waals surface area contributed by atoms with Gasteiger partial charge in [-0.3, -0.25) is 4.79 Å². The zero-order valence-corrected chi connectivity index (χ0v) is 13.4. The molecule has 0 unspecified atom stereocenters. The Morgan fingerprint density at radius 1 is 1.09 bits per heavy atom. The molecule has 2 aliphatic rings. The maximum atomic E-state index is 12.8. The maximum Gasteiger partial charge on any atom is 0.254 e. The predicted molar refractivity (Wildman–Crippen MR) is 84.6 cm³/mol. The Morgan fingerprint density at radius 2 is 1.73 bits per heavy atom. The Bertz CT molecular complexity index is 531. The third-order valence-corrected chi connectivity index (χ3v) is 4.99. The van der Waals surface area contributed by atoms with E-state index in [1.165, 1.54) is 0 Å². The Labute approximate surface area is 131 Å². The molecule has 22 heavy (non-hydrogen) atoms. The van der Waals surface area contributed by atoms with Crippen LogP contribution >= 0.6 is 0 Å². The van der Waals surface area contributed by atoms with E-state index in [9.17, 15) is 4.79 Å². The van der Waals surface area contributed by atoms with Gasteiger partial charge in [0, 0.05) is 24.7 Å². The molecule has 0 bridgehead atoms. The first kappa shape index (κ1) is 15.2. The second kappa shape index (κ2) is 6.16. The normalized spacial score (nSPS) is 20.2. The first-order valence-electron chi connectivity index (χ1n) is 7.89. The molecule has 5 nitrogen and oxygen atoms in total. The fraction of sp³-hybridized carbons (Fsp3) is 0.588. The van der Waals surface area contributed by atoms with Crippen LogP contribution < -0.4 is 14.8 Å². The molecule has 1 spiro atoms. The SMILES string of the molecule is COc1cc(OC)cc(C(=O)N2CCC3(CCNCC3)C2)c1. The number of piperidine rings is 1. The molecule has 2 aliphatic heterocycles. The Hall–Kier alpha value is -1.75. The lowest BCUT2D eigenvalue weighted by atomic mass is 9.78. The zero-order chi connectivity index (χ0) is 15.6. The Kier molecular flexibility index (Phi) is 4.25. The predicted octanol–water partition coefficient (Wildman–Crippen LogP) is 1.92. The average Bonchev–Trinajstić information content (AvgIpc) is 2.97. The number of methoxy groups -OCH3 is 2. The second-order valence-electron chi connectivity index (χ2n) is 6.33. The molecule has 3 rings (SSSR count). The molecule has 1 amide bonds. The monoisotopic (exact) mass is 304 g/mol. The molecule has 0 radical (unpaired) electrons. The van der Waals surface area contributed by atoms with Crippen molar-refractivity contribution < 1.29 is 14.3 Å². The van der Waals surface area contributed by atoms with E-state index in [4.69, 9.17) is 9.47 Å². The molecule has 0 saturated carbocycles. The first-order chi connectivity index (χ1) is 10.7. The van der Waals surface area contributed by atoms with E-state index in [0.29, 0.717) is 22.5 Å². The van der Waals surface area contributed by atoms with Crippen molar-refractivity contribution in [1.29, 1.82) is 0 Å². The first-order valence-corrected chi connectivity index (χ1v) is 7.89. The summed E-state index contributed by atoms with van der Waals surface area (Å²) in [4.78, 5) is 14.8. The molecule has 2 heterocycles. The van der Waals surface area contributed by atoms with Crippen LogP contribution in [-0.2, 0) is 0 Å². The molecule has 1 aromatic rings. The minimum absolute atomic E-state index is 0.0765. The minimum atomic E-state index is 0.0765. The van der Waals surface area contributed by atoms with Gasteiger partial charge in [-0.15, -0.1) is 0 Å². The number of nitrogens with one attached hydrogen (secondary N) is 1. The highest BCUT2D eigenvalue weighted by Crippen LogP contribution is 2.39. The molecule has 120 valence electrons. The van der Waals surface area contributed by atoms with Gasteiger partial charge in [-0.2, -0.15) is 0 Å². The van der Waals surface area contributed by atoms with Gasteiger partial charge in [0.2, 0.25) is 0 Å². The van der Waals surface area contributed by atoms with Gasteiger partial charge < -0.3 is 19.7 Å². The minimum Gasteiger partial charge on any atom is -0.497 e. The lowest BCUT2D eigenvalue weighted by molar-refractivity contribution is 0.0761. The van der Waals surface area contributed by atoms with Crippen LogP contribution in [0.2, 0.25) is 0 Å². The smallest absolute Gasteiger partial charge is 0.254 e. The van der Waals surface area contributed by atoms with E-state index >= 15 is 0 Å².